The van der Waals surface area contributed by atoms with E-state index in [0.29, 0.717) is 22.3 Å². The molecule has 0 unspecified atom stereocenters. The Kier molecular flexibility index (Phi) is 7.09. The Bertz CT molecular complexity index is 1020. The Balaban J connectivity index is 1.71. The molecule has 1 saturated heterocycles. The number of nitrogens with zero attached hydrogens (tertiary/aromatic N) is 2. The monoisotopic (exact) mass is 439 g/mol. The van der Waals surface area contributed by atoms with Gasteiger partial charge in [-0.3, -0.25) is 14.5 Å². The lowest BCUT2D eigenvalue weighted by atomic mass is 10.2. The van der Waals surface area contributed by atoms with Crippen LogP contribution in [0, 0.1) is 0 Å². The van der Waals surface area contributed by atoms with Gasteiger partial charge in [0.15, 0.2) is 5.17 Å². The van der Waals surface area contributed by atoms with Gasteiger partial charge in [0.25, 0.3) is 0 Å². The van der Waals surface area contributed by atoms with Gasteiger partial charge in [-0.15, -0.1) is 6.58 Å². The van der Waals surface area contributed by atoms with Crippen LogP contribution in [0.25, 0.3) is 0 Å². The molecule has 2 aromatic rings. The zero-order valence-electron chi connectivity index (χ0n) is 16.8. The van der Waals surface area contributed by atoms with Gasteiger partial charge in [-0.25, -0.2) is 9.79 Å². The molecule has 3 rings (SSSR count). The number of rotatable bonds is 8. The molecule has 0 spiro atoms. The molecule has 0 aromatic heterocycles. The summed E-state index contributed by atoms with van der Waals surface area (Å²) < 4.78 is 5.09. The third-order valence-corrected chi connectivity index (χ3v) is 5.59. The average molecular weight is 439 g/mol. The van der Waals surface area contributed by atoms with Gasteiger partial charge in [0.2, 0.25) is 11.8 Å². The highest BCUT2D eigenvalue weighted by atomic mass is 32.2. The molecule has 2 amide bonds. The van der Waals surface area contributed by atoms with Crippen LogP contribution in [-0.2, 0) is 9.59 Å². The first-order chi connectivity index (χ1) is 14.9. The highest BCUT2D eigenvalue weighted by Gasteiger charge is 2.38. The summed E-state index contributed by atoms with van der Waals surface area (Å²) in [4.78, 5) is 42.2. The SMILES string of the molecule is C=CCN1C(=O)[C@@H](CC(=O)Nc2ccc(OC)cc2)SC1=Nc1ccc(C(=O)O)cc1. The number of aliphatic imine (C=N–C) groups is 1. The molecule has 1 aliphatic rings. The number of thioether (sulfide) groups is 1. The number of carboxylic acids is 1. The first kappa shape index (κ1) is 22.1. The number of benzene rings is 2. The number of methoxy groups -OCH3 is 1. The molecule has 160 valence electrons. The number of carbonyl (C=O) groups is 3. The zero-order valence-corrected chi connectivity index (χ0v) is 17.6. The topological polar surface area (TPSA) is 108 Å². The number of aromatic carboxylic acids is 1. The van der Waals surface area contributed by atoms with Gasteiger partial charge < -0.3 is 15.2 Å². The summed E-state index contributed by atoms with van der Waals surface area (Å²) >= 11 is 1.20. The van der Waals surface area contributed by atoms with Crippen molar-refractivity contribution in [2.45, 2.75) is 11.7 Å². The van der Waals surface area contributed by atoms with Crippen LogP contribution >= 0.6 is 11.8 Å². The van der Waals surface area contributed by atoms with Crippen molar-refractivity contribution in [2.75, 3.05) is 19.0 Å². The number of hydrogen-bond donors (Lipinski definition) is 2. The van der Waals surface area contributed by atoms with E-state index in [1.54, 1.807) is 49.6 Å². The van der Waals surface area contributed by atoms with Gasteiger partial charge in [0, 0.05) is 18.7 Å². The lowest BCUT2D eigenvalue weighted by Gasteiger charge is -2.13. The van der Waals surface area contributed by atoms with E-state index in [1.807, 2.05) is 0 Å². The van der Waals surface area contributed by atoms with Gasteiger partial charge in [0.1, 0.15) is 11.0 Å². The van der Waals surface area contributed by atoms with E-state index in [9.17, 15) is 14.4 Å². The molecule has 31 heavy (non-hydrogen) atoms. The quantitative estimate of drug-likeness (QED) is 0.609. The highest BCUT2D eigenvalue weighted by Crippen LogP contribution is 2.32. The Hall–Kier alpha value is -3.59. The van der Waals surface area contributed by atoms with Gasteiger partial charge in [-0.1, -0.05) is 17.8 Å². The number of amidine groups is 1. The largest absolute Gasteiger partial charge is 0.497 e. The molecular weight excluding hydrogens is 418 g/mol. The van der Waals surface area contributed by atoms with Crippen LogP contribution in [0.1, 0.15) is 16.8 Å². The Morgan fingerprint density at radius 3 is 2.48 bits per heavy atom. The molecule has 1 aliphatic heterocycles. The zero-order chi connectivity index (χ0) is 22.4. The maximum Gasteiger partial charge on any atom is 0.335 e. The first-order valence-corrected chi connectivity index (χ1v) is 10.2. The number of hydrogen-bond acceptors (Lipinski definition) is 6. The molecular formula is C22H21N3O5S. The van der Waals surface area contributed by atoms with Gasteiger partial charge in [0.05, 0.1) is 18.4 Å². The predicted molar refractivity (Wildman–Crippen MR) is 120 cm³/mol. The van der Waals surface area contributed by atoms with E-state index in [-0.39, 0.29) is 30.3 Å². The number of nitrogens with one attached hydrogen (secondary N) is 1. The van der Waals surface area contributed by atoms with Gasteiger partial charge >= 0.3 is 5.97 Å². The van der Waals surface area contributed by atoms with Crippen LogP contribution in [0.2, 0.25) is 0 Å². The third-order valence-electron chi connectivity index (χ3n) is 4.42. The summed E-state index contributed by atoms with van der Waals surface area (Å²) in [5, 5.41) is 11.6. The van der Waals surface area contributed by atoms with Crippen LogP contribution in [0.5, 0.6) is 5.75 Å². The molecule has 2 N–H and O–H groups in total. The molecule has 0 saturated carbocycles. The van der Waals surface area contributed by atoms with Crippen molar-refractivity contribution >= 4 is 46.1 Å². The fourth-order valence-electron chi connectivity index (χ4n) is 2.87. The molecule has 0 aliphatic carbocycles. The summed E-state index contributed by atoms with van der Waals surface area (Å²) in [6.45, 7) is 3.93. The van der Waals surface area contributed by atoms with Crippen LogP contribution in [0.3, 0.4) is 0 Å². The molecule has 0 bridgehead atoms. The van der Waals surface area contributed by atoms with Crippen LogP contribution in [0.15, 0.2) is 66.2 Å². The summed E-state index contributed by atoms with van der Waals surface area (Å²) in [5.41, 5.74) is 1.27. The van der Waals surface area contributed by atoms with Crippen molar-refractivity contribution in [1.29, 1.82) is 0 Å². The Labute approximate surface area is 183 Å². The second-order valence-corrected chi connectivity index (χ2v) is 7.74. The number of carbonyl (C=O) groups excluding carboxylic acids is 2. The smallest absolute Gasteiger partial charge is 0.335 e. The minimum Gasteiger partial charge on any atom is -0.497 e. The van der Waals surface area contributed by atoms with E-state index in [0.717, 1.165) is 0 Å². The van der Waals surface area contributed by atoms with Crippen molar-refractivity contribution in [3.63, 3.8) is 0 Å². The molecule has 8 nitrogen and oxygen atoms in total. The molecule has 0 radical (unpaired) electrons. The standard InChI is InChI=1S/C22H21N3O5S/c1-3-12-25-20(27)18(13-19(26)23-15-8-10-17(30-2)11-9-15)31-22(25)24-16-6-4-14(5-7-16)21(28)29/h3-11,18H,1,12-13H2,2H3,(H,23,26)(H,28,29)/t18-/m1/s1. The van der Waals surface area contributed by atoms with Crippen molar-refractivity contribution in [1.82, 2.24) is 4.90 Å². The van der Waals surface area contributed by atoms with Crippen molar-refractivity contribution in [3.05, 3.63) is 66.7 Å². The van der Waals surface area contributed by atoms with E-state index in [1.165, 1.54) is 28.8 Å². The minimum atomic E-state index is -1.03. The maximum absolute atomic E-state index is 12.8. The third kappa shape index (κ3) is 5.52. The second kappa shape index (κ2) is 9.94. The molecule has 1 atom stereocenters. The molecule has 1 fully saturated rings. The number of ether oxygens (including phenoxy) is 1. The first-order valence-electron chi connectivity index (χ1n) is 9.36. The normalized spacial score (nSPS) is 16.9. The van der Waals surface area contributed by atoms with Crippen molar-refractivity contribution in [2.24, 2.45) is 4.99 Å². The summed E-state index contributed by atoms with van der Waals surface area (Å²) in [6, 6.07) is 12.9. The van der Waals surface area contributed by atoms with Gasteiger partial charge in [-0.2, -0.15) is 0 Å². The van der Waals surface area contributed by atoms with E-state index >= 15 is 0 Å². The molecule has 1 heterocycles. The molecule has 9 heteroatoms. The average Bonchev–Trinajstić information content (AvgIpc) is 3.03. The number of carboxylic acid groups (broad SMARTS) is 1. The number of anilines is 1. The number of amides is 2. The summed E-state index contributed by atoms with van der Waals surface area (Å²) in [5.74, 6) is -0.866. The van der Waals surface area contributed by atoms with E-state index in [2.05, 4.69) is 16.9 Å². The lowest BCUT2D eigenvalue weighted by molar-refractivity contribution is -0.127. The van der Waals surface area contributed by atoms with E-state index < -0.39 is 11.2 Å². The Morgan fingerprint density at radius 2 is 1.90 bits per heavy atom. The van der Waals surface area contributed by atoms with Crippen LogP contribution in [0.4, 0.5) is 11.4 Å². The van der Waals surface area contributed by atoms with Crippen LogP contribution in [-0.4, -0.2) is 51.9 Å². The molecule has 2 aromatic carbocycles. The fourth-order valence-corrected chi connectivity index (χ4v) is 4.03. The second-order valence-electron chi connectivity index (χ2n) is 6.57. The highest BCUT2D eigenvalue weighted by molar-refractivity contribution is 8.15. The summed E-state index contributed by atoms with van der Waals surface area (Å²) in [7, 11) is 1.56. The fraction of sp³-hybridized carbons (Fsp3) is 0.182. The van der Waals surface area contributed by atoms with Gasteiger partial charge in [-0.05, 0) is 48.5 Å². The Morgan fingerprint density at radius 1 is 1.23 bits per heavy atom. The minimum absolute atomic E-state index is 0.0137. The predicted octanol–water partition coefficient (Wildman–Crippen LogP) is 3.54. The lowest BCUT2D eigenvalue weighted by Crippen LogP contribution is -2.33. The van der Waals surface area contributed by atoms with Crippen molar-refractivity contribution < 1.29 is 24.2 Å². The van der Waals surface area contributed by atoms with E-state index in [4.69, 9.17) is 9.84 Å². The van der Waals surface area contributed by atoms with Crippen molar-refractivity contribution in [3.8, 4) is 5.75 Å². The maximum atomic E-state index is 12.8. The summed E-state index contributed by atoms with van der Waals surface area (Å²) in [6.07, 6.45) is 1.57. The van der Waals surface area contributed by atoms with Crippen LogP contribution < -0.4 is 10.1 Å².